The number of carboxylic acids is 1. The van der Waals surface area contributed by atoms with Crippen molar-refractivity contribution in [2.24, 2.45) is 5.41 Å². The van der Waals surface area contributed by atoms with Gasteiger partial charge >= 0.3 is 5.97 Å². The molecule has 0 aliphatic heterocycles. The summed E-state index contributed by atoms with van der Waals surface area (Å²) in [6.45, 7) is 3.85. The fourth-order valence-corrected chi connectivity index (χ4v) is 2.09. The number of carboxylic acid groups (broad SMARTS) is 1. The lowest BCUT2D eigenvalue weighted by Gasteiger charge is -2.11. The van der Waals surface area contributed by atoms with Crippen LogP contribution in [-0.2, 0) is 11.3 Å². The van der Waals surface area contributed by atoms with Crippen LogP contribution in [0, 0.1) is 12.3 Å². The van der Waals surface area contributed by atoms with Gasteiger partial charge in [0.05, 0.1) is 6.54 Å². The molecule has 0 aromatic carbocycles. The Morgan fingerprint density at radius 2 is 2.17 bits per heavy atom. The van der Waals surface area contributed by atoms with Gasteiger partial charge in [-0.2, -0.15) is 0 Å². The highest BCUT2D eigenvalue weighted by atomic mass is 16.4. The van der Waals surface area contributed by atoms with Gasteiger partial charge in [0, 0.05) is 5.41 Å². The Morgan fingerprint density at radius 3 is 2.61 bits per heavy atom. The topological polar surface area (TPSA) is 79.5 Å². The lowest BCUT2D eigenvalue weighted by Crippen LogP contribution is -2.31. The lowest BCUT2D eigenvalue weighted by atomic mass is 10.0. The highest BCUT2D eigenvalue weighted by molar-refractivity contribution is 5.89. The molecule has 1 aliphatic carbocycles. The number of aromatic carboxylic acids is 1. The molecule has 98 valence electrons. The average molecular weight is 251 g/mol. The van der Waals surface area contributed by atoms with Crippen LogP contribution < -0.4 is 5.32 Å². The molecule has 0 bridgehead atoms. The zero-order valence-corrected chi connectivity index (χ0v) is 10.6. The van der Waals surface area contributed by atoms with E-state index >= 15 is 0 Å². The zero-order chi connectivity index (χ0) is 13.3. The SMILES string of the molecule is CCC1(C(=O)NCc2cc(C(=O)O)c(C)o2)CC1. The number of nitrogens with one attached hydrogen (secondary N) is 1. The minimum atomic E-state index is -1.01. The quantitative estimate of drug-likeness (QED) is 0.839. The van der Waals surface area contributed by atoms with Crippen LogP contribution in [0.25, 0.3) is 0 Å². The van der Waals surface area contributed by atoms with Crippen molar-refractivity contribution in [2.45, 2.75) is 39.7 Å². The Labute approximate surface area is 105 Å². The molecule has 0 spiro atoms. The van der Waals surface area contributed by atoms with E-state index in [1.807, 2.05) is 6.92 Å². The van der Waals surface area contributed by atoms with E-state index in [1.54, 1.807) is 6.92 Å². The number of furan rings is 1. The molecule has 2 rings (SSSR count). The van der Waals surface area contributed by atoms with Crippen molar-refractivity contribution in [1.29, 1.82) is 0 Å². The molecule has 1 aromatic heterocycles. The third-order valence-electron chi connectivity index (χ3n) is 3.63. The molecule has 5 nitrogen and oxygen atoms in total. The van der Waals surface area contributed by atoms with Crippen LogP contribution in [-0.4, -0.2) is 17.0 Å². The standard InChI is InChI=1S/C13H17NO4/c1-3-13(4-5-13)12(17)14-7-9-6-10(11(15)16)8(2)18-9/h6H,3-5,7H2,1-2H3,(H,14,17)(H,15,16). The largest absolute Gasteiger partial charge is 0.478 e. The molecule has 1 amide bonds. The number of amides is 1. The molecule has 5 heteroatoms. The van der Waals surface area contributed by atoms with Gasteiger partial charge in [0.25, 0.3) is 0 Å². The maximum Gasteiger partial charge on any atom is 0.339 e. The monoisotopic (exact) mass is 251 g/mol. The molecule has 2 N–H and O–H groups in total. The first-order valence-electron chi connectivity index (χ1n) is 6.09. The van der Waals surface area contributed by atoms with E-state index in [9.17, 15) is 9.59 Å². The zero-order valence-electron chi connectivity index (χ0n) is 10.6. The number of carbonyl (C=O) groups excluding carboxylic acids is 1. The Balaban J connectivity index is 1.96. The van der Waals surface area contributed by atoms with Crippen LogP contribution in [0.1, 0.15) is 48.1 Å². The third-order valence-corrected chi connectivity index (χ3v) is 3.63. The summed E-state index contributed by atoms with van der Waals surface area (Å²) in [5, 5.41) is 11.7. The highest BCUT2D eigenvalue weighted by Crippen LogP contribution is 2.48. The first-order valence-corrected chi connectivity index (χ1v) is 6.09. The summed E-state index contributed by atoms with van der Waals surface area (Å²) in [7, 11) is 0. The molecule has 18 heavy (non-hydrogen) atoms. The van der Waals surface area contributed by atoms with Gasteiger partial charge in [-0.25, -0.2) is 4.79 Å². The van der Waals surface area contributed by atoms with E-state index in [4.69, 9.17) is 9.52 Å². The van der Waals surface area contributed by atoms with Gasteiger partial charge in [-0.05, 0) is 32.3 Å². The van der Waals surface area contributed by atoms with Crippen molar-refractivity contribution < 1.29 is 19.1 Å². The van der Waals surface area contributed by atoms with Gasteiger partial charge in [-0.1, -0.05) is 6.92 Å². The first-order chi connectivity index (χ1) is 8.48. The first kappa shape index (κ1) is 12.7. The van der Waals surface area contributed by atoms with E-state index < -0.39 is 5.97 Å². The van der Waals surface area contributed by atoms with Gasteiger partial charge < -0.3 is 14.8 Å². The summed E-state index contributed by atoms with van der Waals surface area (Å²) in [6.07, 6.45) is 2.72. The molecule has 1 aliphatic rings. The molecule has 1 saturated carbocycles. The van der Waals surface area contributed by atoms with E-state index in [0.717, 1.165) is 19.3 Å². The summed E-state index contributed by atoms with van der Waals surface area (Å²) in [4.78, 5) is 22.7. The molecular weight excluding hydrogens is 234 g/mol. The fraction of sp³-hybridized carbons (Fsp3) is 0.538. The van der Waals surface area contributed by atoms with Crippen molar-refractivity contribution in [1.82, 2.24) is 5.32 Å². The van der Waals surface area contributed by atoms with E-state index in [-0.39, 0.29) is 23.4 Å². The van der Waals surface area contributed by atoms with Crippen molar-refractivity contribution in [3.05, 3.63) is 23.2 Å². The lowest BCUT2D eigenvalue weighted by molar-refractivity contribution is -0.126. The van der Waals surface area contributed by atoms with E-state index in [2.05, 4.69) is 5.32 Å². The number of hydrogen-bond donors (Lipinski definition) is 2. The summed E-state index contributed by atoms with van der Waals surface area (Å²) < 4.78 is 5.30. The van der Waals surface area contributed by atoms with Crippen LogP contribution in [0.5, 0.6) is 0 Å². The predicted molar refractivity (Wildman–Crippen MR) is 64.2 cm³/mol. The van der Waals surface area contributed by atoms with Crippen molar-refractivity contribution in [2.75, 3.05) is 0 Å². The molecule has 0 radical (unpaired) electrons. The van der Waals surface area contributed by atoms with Crippen molar-refractivity contribution in [3.63, 3.8) is 0 Å². The van der Waals surface area contributed by atoms with Crippen LogP contribution in [0.2, 0.25) is 0 Å². The van der Waals surface area contributed by atoms with Crippen LogP contribution in [0.15, 0.2) is 10.5 Å². The predicted octanol–water partition coefficient (Wildman–Crippen LogP) is 2.09. The summed E-state index contributed by atoms with van der Waals surface area (Å²) >= 11 is 0. The molecule has 1 heterocycles. The molecule has 1 aromatic rings. The summed E-state index contributed by atoms with van der Waals surface area (Å²) in [6, 6.07) is 1.46. The third kappa shape index (κ3) is 2.25. The van der Waals surface area contributed by atoms with Crippen LogP contribution in [0.3, 0.4) is 0 Å². The normalized spacial score (nSPS) is 16.3. The van der Waals surface area contributed by atoms with Crippen molar-refractivity contribution in [3.8, 4) is 0 Å². The second-order valence-electron chi connectivity index (χ2n) is 4.80. The summed E-state index contributed by atoms with van der Waals surface area (Å²) in [5.41, 5.74) is -0.0343. The number of rotatable bonds is 5. The van der Waals surface area contributed by atoms with Crippen molar-refractivity contribution >= 4 is 11.9 Å². The fourth-order valence-electron chi connectivity index (χ4n) is 2.09. The minimum absolute atomic E-state index is 0.0379. The van der Waals surface area contributed by atoms with Gasteiger partial charge in [0.1, 0.15) is 17.1 Å². The Bertz CT molecular complexity index is 485. The molecule has 0 atom stereocenters. The smallest absolute Gasteiger partial charge is 0.339 e. The van der Waals surface area contributed by atoms with Gasteiger partial charge in [-0.15, -0.1) is 0 Å². The van der Waals surface area contributed by atoms with Gasteiger partial charge in [0.15, 0.2) is 0 Å². The van der Waals surface area contributed by atoms with E-state index in [0.29, 0.717) is 11.5 Å². The second-order valence-corrected chi connectivity index (χ2v) is 4.80. The average Bonchev–Trinajstić information content (AvgIpc) is 3.04. The number of aryl methyl sites for hydroxylation is 1. The number of carbonyl (C=O) groups is 2. The molecule has 0 saturated heterocycles. The maximum atomic E-state index is 11.9. The summed E-state index contributed by atoms with van der Waals surface area (Å²) in [5.74, 6) is -0.134. The minimum Gasteiger partial charge on any atom is -0.478 e. The van der Waals surface area contributed by atoms with Gasteiger partial charge in [0.2, 0.25) is 5.91 Å². The highest BCUT2D eigenvalue weighted by Gasteiger charge is 2.47. The van der Waals surface area contributed by atoms with Crippen LogP contribution in [0.4, 0.5) is 0 Å². The van der Waals surface area contributed by atoms with E-state index in [1.165, 1.54) is 6.07 Å². The molecule has 0 unspecified atom stereocenters. The molecular formula is C13H17NO4. The Hall–Kier alpha value is -1.78. The maximum absolute atomic E-state index is 11.9. The second kappa shape index (κ2) is 4.48. The Kier molecular flexibility index (Phi) is 3.15. The Morgan fingerprint density at radius 1 is 1.50 bits per heavy atom. The molecule has 1 fully saturated rings. The van der Waals surface area contributed by atoms with Gasteiger partial charge in [-0.3, -0.25) is 4.79 Å². The number of hydrogen-bond acceptors (Lipinski definition) is 3. The van der Waals surface area contributed by atoms with Crippen LogP contribution >= 0.6 is 0 Å².